The number of likely N-dealkylation sites (tertiary alicyclic amines) is 1. The van der Waals surface area contributed by atoms with Gasteiger partial charge in [-0.25, -0.2) is 4.79 Å². The molecule has 1 aromatic rings. The van der Waals surface area contributed by atoms with Gasteiger partial charge < -0.3 is 4.74 Å². The fraction of sp³-hybridized carbons (Fsp3) is 0.500. The normalized spacial score (nSPS) is 15.5. The van der Waals surface area contributed by atoms with Crippen molar-refractivity contribution in [3.05, 3.63) is 29.8 Å². The minimum atomic E-state index is -0.517. The molecule has 1 saturated heterocycles. The zero-order chi connectivity index (χ0) is 13.7. The van der Waals surface area contributed by atoms with Gasteiger partial charge in [-0.3, -0.25) is 9.74 Å². The molecular formula is C14H20N2O3. The van der Waals surface area contributed by atoms with Crippen molar-refractivity contribution >= 4 is 11.8 Å². The van der Waals surface area contributed by atoms with Gasteiger partial charge in [-0.1, -0.05) is 18.2 Å². The smallest absolute Gasteiger partial charge is 0.438 e. The fourth-order valence-corrected chi connectivity index (χ4v) is 2.38. The highest BCUT2D eigenvalue weighted by Crippen LogP contribution is 2.24. The third-order valence-corrected chi connectivity index (χ3v) is 3.33. The van der Waals surface area contributed by atoms with Gasteiger partial charge in [-0.15, -0.1) is 0 Å². The first-order valence-corrected chi connectivity index (χ1v) is 6.48. The van der Waals surface area contributed by atoms with Crippen LogP contribution in [0.5, 0.6) is 0 Å². The predicted molar refractivity (Wildman–Crippen MR) is 72.8 cm³/mol. The number of amides is 1. The molecule has 5 heteroatoms. The summed E-state index contributed by atoms with van der Waals surface area (Å²) < 4.78 is 4.73. The van der Waals surface area contributed by atoms with Crippen LogP contribution in [0.1, 0.15) is 18.4 Å². The number of carbonyl (C=O) groups excluding carboxylic acids is 1. The summed E-state index contributed by atoms with van der Waals surface area (Å²) in [6.45, 7) is 3.05. The summed E-state index contributed by atoms with van der Waals surface area (Å²) in [6, 6.07) is 7.74. The van der Waals surface area contributed by atoms with Crippen LogP contribution in [0.25, 0.3) is 0 Å². The molecule has 0 aromatic heterocycles. The van der Waals surface area contributed by atoms with Gasteiger partial charge in [-0.05, 0) is 37.6 Å². The molecule has 0 spiro atoms. The number of ether oxygens (including phenoxy) is 1. The maximum absolute atomic E-state index is 11.7. The molecule has 0 radical (unpaired) electrons. The number of anilines is 1. The number of para-hydroxylation sites is 1. The number of benzene rings is 1. The van der Waals surface area contributed by atoms with E-state index in [1.54, 1.807) is 0 Å². The van der Waals surface area contributed by atoms with E-state index in [-0.39, 0.29) is 0 Å². The molecule has 19 heavy (non-hydrogen) atoms. The molecule has 0 N–H and O–H groups in total. The Labute approximate surface area is 113 Å². The van der Waals surface area contributed by atoms with Crippen LogP contribution in [0.4, 0.5) is 10.5 Å². The fourth-order valence-electron chi connectivity index (χ4n) is 2.38. The van der Waals surface area contributed by atoms with Crippen molar-refractivity contribution in [3.63, 3.8) is 0 Å². The van der Waals surface area contributed by atoms with Gasteiger partial charge in [0.15, 0.2) is 0 Å². The largest absolute Gasteiger partial charge is 0.451 e. The zero-order valence-corrected chi connectivity index (χ0v) is 11.5. The van der Waals surface area contributed by atoms with E-state index >= 15 is 0 Å². The number of rotatable bonds is 4. The van der Waals surface area contributed by atoms with Crippen LogP contribution in [0.15, 0.2) is 24.3 Å². The summed E-state index contributed by atoms with van der Waals surface area (Å²) in [5.41, 5.74) is 1.81. The average Bonchev–Trinajstić information content (AvgIpc) is 2.94. The van der Waals surface area contributed by atoms with Crippen LogP contribution in [-0.4, -0.2) is 38.3 Å². The van der Waals surface area contributed by atoms with Crippen LogP contribution >= 0.6 is 0 Å². The van der Waals surface area contributed by atoms with E-state index < -0.39 is 6.09 Å². The molecule has 5 nitrogen and oxygen atoms in total. The lowest BCUT2D eigenvalue weighted by molar-refractivity contribution is 0.115. The summed E-state index contributed by atoms with van der Waals surface area (Å²) in [4.78, 5) is 19.2. The van der Waals surface area contributed by atoms with E-state index in [1.165, 1.54) is 32.1 Å². The van der Waals surface area contributed by atoms with E-state index in [9.17, 15) is 4.79 Å². The molecule has 1 aromatic carbocycles. The second kappa shape index (κ2) is 6.54. The van der Waals surface area contributed by atoms with Crippen LogP contribution in [0.2, 0.25) is 0 Å². The van der Waals surface area contributed by atoms with Crippen molar-refractivity contribution in [3.8, 4) is 0 Å². The average molecular weight is 264 g/mol. The molecule has 0 atom stereocenters. The van der Waals surface area contributed by atoms with Crippen molar-refractivity contribution in [2.75, 3.05) is 32.4 Å². The summed E-state index contributed by atoms with van der Waals surface area (Å²) in [6.07, 6.45) is 1.97. The van der Waals surface area contributed by atoms with Gasteiger partial charge >= 0.3 is 6.09 Å². The predicted octanol–water partition coefficient (Wildman–Crippen LogP) is 2.42. The third-order valence-electron chi connectivity index (χ3n) is 3.33. The number of nitrogens with zero attached hydrogens (tertiary/aromatic N) is 2. The maximum Gasteiger partial charge on any atom is 0.438 e. The molecule has 1 aliphatic heterocycles. The molecule has 1 amide bonds. The van der Waals surface area contributed by atoms with Crippen LogP contribution in [0.3, 0.4) is 0 Å². The Kier molecular flexibility index (Phi) is 4.76. The molecule has 0 saturated carbocycles. The number of carbonyl (C=O) groups is 1. The van der Waals surface area contributed by atoms with Gasteiger partial charge in [0.1, 0.15) is 0 Å². The molecule has 0 aliphatic carbocycles. The molecule has 1 heterocycles. The van der Waals surface area contributed by atoms with Crippen molar-refractivity contribution in [1.29, 1.82) is 0 Å². The standard InChI is InChI=1S/C14H20N2O3/c1-18-14(17)16(19-2)13-8-4-3-7-12(13)11-15-9-5-6-10-15/h3-4,7-8H,5-6,9-11H2,1-2H3. The molecule has 0 bridgehead atoms. The monoisotopic (exact) mass is 264 g/mol. The number of methoxy groups -OCH3 is 1. The van der Waals surface area contributed by atoms with Crippen molar-refractivity contribution in [2.24, 2.45) is 0 Å². The molecular weight excluding hydrogens is 244 g/mol. The van der Waals surface area contributed by atoms with Gasteiger partial charge in [0, 0.05) is 6.54 Å². The summed E-state index contributed by atoms with van der Waals surface area (Å²) >= 11 is 0. The Morgan fingerprint density at radius 3 is 2.58 bits per heavy atom. The Bertz CT molecular complexity index is 430. The van der Waals surface area contributed by atoms with Crippen molar-refractivity contribution in [1.82, 2.24) is 4.90 Å². The third kappa shape index (κ3) is 3.24. The highest BCUT2D eigenvalue weighted by Gasteiger charge is 2.21. The molecule has 0 unspecified atom stereocenters. The van der Waals surface area contributed by atoms with Crippen LogP contribution < -0.4 is 5.06 Å². The minimum absolute atomic E-state index is 0.517. The second-order valence-electron chi connectivity index (χ2n) is 4.56. The number of hydroxylamine groups is 1. The second-order valence-corrected chi connectivity index (χ2v) is 4.56. The van der Waals surface area contributed by atoms with E-state index in [1.807, 2.05) is 24.3 Å². The topological polar surface area (TPSA) is 42.0 Å². The quantitative estimate of drug-likeness (QED) is 0.783. The lowest BCUT2D eigenvalue weighted by atomic mass is 10.1. The zero-order valence-electron chi connectivity index (χ0n) is 11.5. The SMILES string of the molecule is COC(=O)N(OC)c1ccccc1CN1CCCC1. The van der Waals surface area contributed by atoms with Gasteiger partial charge in [0.05, 0.1) is 19.9 Å². The Balaban J connectivity index is 2.20. The highest BCUT2D eigenvalue weighted by molar-refractivity contribution is 5.86. The Morgan fingerprint density at radius 1 is 1.26 bits per heavy atom. The van der Waals surface area contributed by atoms with Gasteiger partial charge in [0.25, 0.3) is 0 Å². The maximum atomic E-state index is 11.7. The first-order valence-electron chi connectivity index (χ1n) is 6.48. The molecule has 2 rings (SSSR count). The molecule has 104 valence electrons. The first kappa shape index (κ1) is 13.8. The summed E-state index contributed by atoms with van der Waals surface area (Å²) in [7, 11) is 2.81. The van der Waals surface area contributed by atoms with E-state index in [0.717, 1.165) is 30.9 Å². The van der Waals surface area contributed by atoms with Gasteiger partial charge in [-0.2, -0.15) is 5.06 Å². The van der Waals surface area contributed by atoms with Crippen molar-refractivity contribution in [2.45, 2.75) is 19.4 Å². The highest BCUT2D eigenvalue weighted by atomic mass is 16.7. The number of hydrogen-bond acceptors (Lipinski definition) is 4. The van der Waals surface area contributed by atoms with Crippen LogP contribution in [-0.2, 0) is 16.1 Å². The van der Waals surface area contributed by atoms with Crippen molar-refractivity contribution < 1.29 is 14.4 Å². The van der Waals surface area contributed by atoms with Gasteiger partial charge in [0.2, 0.25) is 0 Å². The van der Waals surface area contributed by atoms with E-state index in [2.05, 4.69) is 4.90 Å². The Morgan fingerprint density at radius 2 is 1.95 bits per heavy atom. The lowest BCUT2D eigenvalue weighted by Gasteiger charge is -2.23. The molecule has 1 aliphatic rings. The summed E-state index contributed by atoms with van der Waals surface area (Å²) in [5.74, 6) is 0. The van der Waals surface area contributed by atoms with E-state index in [4.69, 9.17) is 9.57 Å². The summed E-state index contributed by atoms with van der Waals surface area (Å²) in [5, 5.41) is 1.19. The minimum Gasteiger partial charge on any atom is -0.451 e. The Hall–Kier alpha value is -1.59. The lowest BCUT2D eigenvalue weighted by Crippen LogP contribution is -2.31. The number of hydrogen-bond donors (Lipinski definition) is 0. The first-order chi connectivity index (χ1) is 9.26. The van der Waals surface area contributed by atoms with E-state index in [0.29, 0.717) is 0 Å². The van der Waals surface area contributed by atoms with Crippen LogP contribution in [0, 0.1) is 0 Å². The molecule has 1 fully saturated rings.